The van der Waals surface area contributed by atoms with Crippen LogP contribution in [0.15, 0.2) is 24.4 Å². The van der Waals surface area contributed by atoms with Gasteiger partial charge in [0.25, 0.3) is 5.91 Å². The van der Waals surface area contributed by atoms with Crippen LogP contribution in [0, 0.1) is 5.41 Å². The predicted octanol–water partition coefficient (Wildman–Crippen LogP) is 3.09. The third-order valence-electron chi connectivity index (χ3n) is 6.96. The van der Waals surface area contributed by atoms with Gasteiger partial charge in [0.15, 0.2) is 5.82 Å². The molecule has 194 valence electrons. The second-order valence-electron chi connectivity index (χ2n) is 10.3. The highest BCUT2D eigenvalue weighted by atomic mass is 16.5. The van der Waals surface area contributed by atoms with E-state index in [0.29, 0.717) is 41.2 Å². The van der Waals surface area contributed by atoms with Gasteiger partial charge in [-0.05, 0) is 51.8 Å². The molecule has 2 heterocycles. The lowest BCUT2D eigenvalue weighted by atomic mass is 9.91. The Kier molecular flexibility index (Phi) is 7.35. The number of amides is 2. The Hall–Kier alpha value is -3.40. The van der Waals surface area contributed by atoms with Crippen molar-refractivity contribution in [2.75, 3.05) is 42.4 Å². The van der Waals surface area contributed by atoms with E-state index in [2.05, 4.69) is 20.5 Å². The summed E-state index contributed by atoms with van der Waals surface area (Å²) in [7, 11) is 3.31. The second-order valence-corrected chi connectivity index (χ2v) is 10.3. The first kappa shape index (κ1) is 25.7. The molecule has 4 rings (SSSR count). The Morgan fingerprint density at radius 3 is 2.69 bits per heavy atom. The monoisotopic (exact) mass is 496 g/mol. The SMILES string of the molecule is COc1cc(C(=O)NC(C)CO)ccc1Nc1ncc2c(n1)N(C1CCCC1)CC(C)(C)C(=O)N2C. The van der Waals surface area contributed by atoms with Crippen molar-refractivity contribution in [1.82, 2.24) is 15.3 Å². The average molecular weight is 497 g/mol. The molecule has 0 radical (unpaired) electrons. The van der Waals surface area contributed by atoms with Crippen molar-refractivity contribution < 1.29 is 19.4 Å². The minimum absolute atomic E-state index is 0.0413. The predicted molar refractivity (Wildman–Crippen MR) is 139 cm³/mol. The molecule has 2 aromatic rings. The quantitative estimate of drug-likeness (QED) is 0.535. The molecular weight excluding hydrogens is 460 g/mol. The van der Waals surface area contributed by atoms with E-state index in [1.807, 2.05) is 13.8 Å². The number of hydrogen-bond acceptors (Lipinski definition) is 8. The Labute approximate surface area is 212 Å². The lowest BCUT2D eigenvalue weighted by molar-refractivity contribution is -0.125. The largest absolute Gasteiger partial charge is 0.495 e. The second kappa shape index (κ2) is 10.3. The van der Waals surface area contributed by atoms with Crippen LogP contribution < -0.4 is 25.2 Å². The molecule has 1 fully saturated rings. The third kappa shape index (κ3) is 5.09. The number of carbonyl (C=O) groups is 2. The molecule has 10 nitrogen and oxygen atoms in total. The van der Waals surface area contributed by atoms with Crippen molar-refractivity contribution in [3.63, 3.8) is 0 Å². The fraction of sp³-hybridized carbons (Fsp3) is 0.538. The smallest absolute Gasteiger partial charge is 0.251 e. The summed E-state index contributed by atoms with van der Waals surface area (Å²) in [5, 5.41) is 15.1. The molecule has 1 aromatic carbocycles. The van der Waals surface area contributed by atoms with Gasteiger partial charge < -0.3 is 30.3 Å². The summed E-state index contributed by atoms with van der Waals surface area (Å²) < 4.78 is 5.52. The molecule has 0 bridgehead atoms. The number of fused-ring (bicyclic) bond motifs is 1. The summed E-state index contributed by atoms with van der Waals surface area (Å²) in [6, 6.07) is 5.02. The number of rotatable bonds is 7. The van der Waals surface area contributed by atoms with Gasteiger partial charge in [0.1, 0.15) is 11.4 Å². The van der Waals surface area contributed by atoms with Gasteiger partial charge in [0.2, 0.25) is 11.9 Å². The van der Waals surface area contributed by atoms with Crippen molar-refractivity contribution in [2.24, 2.45) is 5.41 Å². The Morgan fingerprint density at radius 2 is 2.03 bits per heavy atom. The molecule has 36 heavy (non-hydrogen) atoms. The van der Waals surface area contributed by atoms with E-state index in [9.17, 15) is 14.7 Å². The highest BCUT2D eigenvalue weighted by Gasteiger charge is 2.41. The number of ether oxygens (including phenoxy) is 1. The van der Waals surface area contributed by atoms with E-state index in [0.717, 1.165) is 18.7 Å². The molecule has 0 saturated heterocycles. The number of nitrogens with one attached hydrogen (secondary N) is 2. The number of aromatic nitrogens is 2. The van der Waals surface area contributed by atoms with Crippen molar-refractivity contribution in [1.29, 1.82) is 0 Å². The van der Waals surface area contributed by atoms with Crippen molar-refractivity contribution in [2.45, 2.75) is 58.5 Å². The Bertz CT molecular complexity index is 1130. The summed E-state index contributed by atoms with van der Waals surface area (Å²) >= 11 is 0. The van der Waals surface area contributed by atoms with Crippen molar-refractivity contribution in [3.05, 3.63) is 30.0 Å². The maximum atomic E-state index is 13.2. The number of carbonyl (C=O) groups excluding carboxylic acids is 2. The molecule has 2 aliphatic rings. The number of aliphatic hydroxyl groups is 1. The molecule has 1 aromatic heterocycles. The standard InChI is InChI=1S/C26H36N6O4/c1-16(14-33)28-23(34)17-10-11-19(21(12-17)36-5)29-25-27-13-20-22(30-25)32(18-8-6-7-9-18)15-26(2,3)24(35)31(20)4/h10-13,16,18,33H,6-9,14-15H2,1-5H3,(H,28,34)(H,27,29,30). The van der Waals surface area contributed by atoms with Crippen LogP contribution in [0.4, 0.5) is 23.1 Å². The average Bonchev–Trinajstić information content (AvgIpc) is 3.39. The van der Waals surface area contributed by atoms with Crippen LogP contribution in [0.5, 0.6) is 5.75 Å². The summed E-state index contributed by atoms with van der Waals surface area (Å²) in [6.45, 7) is 6.13. The molecular formula is C26H36N6O4. The highest BCUT2D eigenvalue weighted by molar-refractivity contribution is 6.01. The van der Waals surface area contributed by atoms with Gasteiger partial charge in [-0.15, -0.1) is 0 Å². The molecule has 10 heteroatoms. The third-order valence-corrected chi connectivity index (χ3v) is 6.96. The molecule has 1 aliphatic heterocycles. The van der Waals surface area contributed by atoms with Crippen LogP contribution >= 0.6 is 0 Å². The summed E-state index contributed by atoms with van der Waals surface area (Å²) in [6.07, 6.45) is 6.19. The molecule has 1 unspecified atom stereocenters. The molecule has 0 spiro atoms. The zero-order valence-electron chi connectivity index (χ0n) is 21.7. The fourth-order valence-electron chi connectivity index (χ4n) is 4.93. The van der Waals surface area contributed by atoms with Crippen LogP contribution in [0.25, 0.3) is 0 Å². The van der Waals surface area contributed by atoms with E-state index in [1.165, 1.54) is 20.0 Å². The van der Waals surface area contributed by atoms with Crippen molar-refractivity contribution >= 4 is 35.0 Å². The van der Waals surface area contributed by atoms with Crippen LogP contribution in [0.1, 0.15) is 56.8 Å². The highest BCUT2D eigenvalue weighted by Crippen LogP contribution is 2.40. The van der Waals surface area contributed by atoms with Gasteiger partial charge in [-0.3, -0.25) is 9.59 Å². The number of hydrogen-bond donors (Lipinski definition) is 3. The molecule has 3 N–H and O–H groups in total. The summed E-state index contributed by atoms with van der Waals surface area (Å²) in [5.41, 5.74) is 1.16. The summed E-state index contributed by atoms with van der Waals surface area (Å²) in [5.74, 6) is 1.32. The Morgan fingerprint density at radius 1 is 1.31 bits per heavy atom. The normalized spacial score (nSPS) is 18.4. The van der Waals surface area contributed by atoms with Gasteiger partial charge in [-0.25, -0.2) is 4.98 Å². The lowest BCUT2D eigenvalue weighted by Gasteiger charge is -2.34. The van der Waals surface area contributed by atoms with Crippen molar-refractivity contribution in [3.8, 4) is 5.75 Å². The number of benzene rings is 1. The van der Waals surface area contributed by atoms with E-state index in [-0.39, 0.29) is 24.5 Å². The fourth-order valence-corrected chi connectivity index (χ4v) is 4.93. The van der Waals surface area contributed by atoms with E-state index >= 15 is 0 Å². The van der Waals surface area contributed by atoms with E-state index in [4.69, 9.17) is 9.72 Å². The van der Waals surface area contributed by atoms with Crippen LogP contribution in [0.2, 0.25) is 0 Å². The van der Waals surface area contributed by atoms with Crippen LogP contribution in [-0.4, -0.2) is 66.3 Å². The van der Waals surface area contributed by atoms with Gasteiger partial charge in [0.05, 0.1) is 31.0 Å². The van der Waals surface area contributed by atoms with Gasteiger partial charge in [-0.1, -0.05) is 12.8 Å². The first-order valence-corrected chi connectivity index (χ1v) is 12.4. The van der Waals surface area contributed by atoms with Crippen LogP contribution in [0.3, 0.4) is 0 Å². The number of methoxy groups -OCH3 is 1. The van der Waals surface area contributed by atoms with Gasteiger partial charge >= 0.3 is 0 Å². The lowest BCUT2D eigenvalue weighted by Crippen LogP contribution is -2.45. The molecule has 1 atom stereocenters. The number of nitrogens with zero attached hydrogens (tertiary/aromatic N) is 4. The molecule has 1 aliphatic carbocycles. The first-order valence-electron chi connectivity index (χ1n) is 12.4. The van der Waals surface area contributed by atoms with Gasteiger partial charge in [-0.2, -0.15) is 4.98 Å². The van der Waals surface area contributed by atoms with Gasteiger partial charge in [0, 0.05) is 31.2 Å². The zero-order chi connectivity index (χ0) is 26.0. The minimum atomic E-state index is -0.557. The topological polar surface area (TPSA) is 120 Å². The van der Waals surface area contributed by atoms with Crippen LogP contribution in [-0.2, 0) is 4.79 Å². The maximum absolute atomic E-state index is 13.2. The summed E-state index contributed by atoms with van der Waals surface area (Å²) in [4.78, 5) is 39.0. The van der Waals surface area contributed by atoms with E-state index < -0.39 is 5.41 Å². The molecule has 1 saturated carbocycles. The molecule has 2 amide bonds. The first-order chi connectivity index (χ1) is 17.1. The zero-order valence-corrected chi connectivity index (χ0v) is 21.7. The minimum Gasteiger partial charge on any atom is -0.495 e. The number of anilines is 4. The maximum Gasteiger partial charge on any atom is 0.251 e. The van der Waals surface area contributed by atoms with E-state index in [1.54, 1.807) is 43.3 Å². The number of aliphatic hydroxyl groups excluding tert-OH is 1. The Balaban J connectivity index is 1.66.